The molecule has 0 bridgehead atoms. The molecule has 2 aromatic rings. The Kier molecular flexibility index (Phi) is 9.32. The zero-order valence-electron chi connectivity index (χ0n) is 15.6. The van der Waals surface area contributed by atoms with E-state index in [0.29, 0.717) is 0 Å². The number of aromatic nitrogens is 1. The summed E-state index contributed by atoms with van der Waals surface area (Å²) in [6.45, 7) is 4.83. The van der Waals surface area contributed by atoms with Crippen molar-refractivity contribution < 1.29 is 29.3 Å². The molecule has 0 atom stereocenters. The van der Waals surface area contributed by atoms with Crippen LogP contribution < -0.4 is 9.47 Å². The molecule has 0 aliphatic carbocycles. The van der Waals surface area contributed by atoms with Crippen molar-refractivity contribution in [3.8, 4) is 11.5 Å². The summed E-state index contributed by atoms with van der Waals surface area (Å²) in [6, 6.07) is 10.0. The van der Waals surface area contributed by atoms with Crippen molar-refractivity contribution in [3.05, 3.63) is 53.9 Å². The van der Waals surface area contributed by atoms with E-state index in [1.54, 1.807) is 14.2 Å². The van der Waals surface area contributed by atoms with E-state index in [9.17, 15) is 0 Å². The van der Waals surface area contributed by atoms with Crippen LogP contribution in [0.2, 0.25) is 0 Å². The Morgan fingerprint density at radius 2 is 1.63 bits per heavy atom. The predicted octanol–water partition coefficient (Wildman–Crippen LogP) is 2.28. The molecule has 8 nitrogen and oxygen atoms in total. The monoisotopic (exact) mass is 376 g/mol. The fourth-order valence-corrected chi connectivity index (χ4v) is 2.27. The summed E-state index contributed by atoms with van der Waals surface area (Å²) in [7, 11) is 3.38. The van der Waals surface area contributed by atoms with Crippen molar-refractivity contribution in [1.82, 2.24) is 9.88 Å². The zero-order chi connectivity index (χ0) is 20.2. The van der Waals surface area contributed by atoms with Crippen LogP contribution in [0.25, 0.3) is 0 Å². The highest BCUT2D eigenvalue weighted by atomic mass is 16.5. The molecule has 1 aromatic heterocycles. The van der Waals surface area contributed by atoms with Crippen LogP contribution in [0.15, 0.2) is 42.7 Å². The van der Waals surface area contributed by atoms with Gasteiger partial charge in [-0.1, -0.05) is 6.92 Å². The molecule has 0 saturated heterocycles. The van der Waals surface area contributed by atoms with E-state index in [-0.39, 0.29) is 0 Å². The van der Waals surface area contributed by atoms with Gasteiger partial charge in [-0.25, -0.2) is 9.59 Å². The molecular formula is C19H24N2O6. The second kappa shape index (κ2) is 11.5. The van der Waals surface area contributed by atoms with Crippen LogP contribution in [-0.2, 0) is 22.7 Å². The molecule has 0 spiro atoms. The number of hydrogen-bond acceptors (Lipinski definition) is 6. The summed E-state index contributed by atoms with van der Waals surface area (Å²) in [6.07, 6.45) is 3.66. The van der Waals surface area contributed by atoms with Crippen LogP contribution in [-0.4, -0.2) is 52.8 Å². The van der Waals surface area contributed by atoms with E-state index in [1.807, 2.05) is 42.7 Å². The highest BCUT2D eigenvalue weighted by Crippen LogP contribution is 2.25. The number of carbonyl (C=O) groups is 2. The third-order valence-corrected chi connectivity index (χ3v) is 3.67. The number of benzene rings is 1. The molecular weight excluding hydrogens is 352 g/mol. The van der Waals surface area contributed by atoms with Crippen LogP contribution in [0.1, 0.15) is 18.1 Å². The lowest BCUT2D eigenvalue weighted by molar-refractivity contribution is -0.159. The van der Waals surface area contributed by atoms with Gasteiger partial charge in [-0.15, -0.1) is 0 Å². The molecule has 27 heavy (non-hydrogen) atoms. The summed E-state index contributed by atoms with van der Waals surface area (Å²) in [5.41, 5.74) is 2.39. The highest BCUT2D eigenvalue weighted by molar-refractivity contribution is 6.27. The summed E-state index contributed by atoms with van der Waals surface area (Å²) < 4.78 is 10.8. The first-order chi connectivity index (χ1) is 12.9. The van der Waals surface area contributed by atoms with E-state index in [2.05, 4.69) is 16.8 Å². The third kappa shape index (κ3) is 7.74. The summed E-state index contributed by atoms with van der Waals surface area (Å²) in [4.78, 5) is 24.6. The van der Waals surface area contributed by atoms with Gasteiger partial charge in [0.25, 0.3) is 0 Å². The lowest BCUT2D eigenvalue weighted by atomic mass is 10.1. The van der Waals surface area contributed by atoms with E-state index < -0.39 is 11.9 Å². The van der Waals surface area contributed by atoms with Gasteiger partial charge in [-0.05, 0) is 42.4 Å². The van der Waals surface area contributed by atoms with Gasteiger partial charge in [0.15, 0.2) is 0 Å². The Bertz CT molecular complexity index is 724. The fourth-order valence-electron chi connectivity index (χ4n) is 2.27. The lowest BCUT2D eigenvalue weighted by Crippen LogP contribution is -2.22. The van der Waals surface area contributed by atoms with Crippen LogP contribution >= 0.6 is 0 Å². The first kappa shape index (κ1) is 21.9. The van der Waals surface area contributed by atoms with Crippen LogP contribution in [0, 0.1) is 0 Å². The number of hydrogen-bond donors (Lipinski definition) is 2. The molecule has 0 aliphatic rings. The minimum atomic E-state index is -1.82. The highest BCUT2D eigenvalue weighted by Gasteiger charge is 2.10. The molecule has 1 aromatic carbocycles. The van der Waals surface area contributed by atoms with E-state index >= 15 is 0 Å². The SMILES string of the molecule is CCN(Cc1ccncc1)Cc1cc(OC)ccc1OC.O=C(O)C(=O)O. The van der Waals surface area contributed by atoms with E-state index in [0.717, 1.165) is 36.7 Å². The average molecular weight is 376 g/mol. The number of nitrogens with zero attached hydrogens (tertiary/aromatic N) is 2. The van der Waals surface area contributed by atoms with E-state index in [4.69, 9.17) is 29.3 Å². The maximum atomic E-state index is 9.10. The second-order valence-corrected chi connectivity index (χ2v) is 5.45. The van der Waals surface area contributed by atoms with Crippen molar-refractivity contribution in [2.45, 2.75) is 20.0 Å². The van der Waals surface area contributed by atoms with Crippen LogP contribution in [0.4, 0.5) is 0 Å². The van der Waals surface area contributed by atoms with Gasteiger partial charge in [0.05, 0.1) is 14.2 Å². The van der Waals surface area contributed by atoms with Gasteiger partial charge >= 0.3 is 11.9 Å². The Morgan fingerprint density at radius 1 is 1.00 bits per heavy atom. The van der Waals surface area contributed by atoms with Gasteiger partial charge in [0.1, 0.15) is 11.5 Å². The van der Waals surface area contributed by atoms with Gasteiger partial charge in [0.2, 0.25) is 0 Å². The Balaban J connectivity index is 0.000000527. The molecule has 1 heterocycles. The third-order valence-electron chi connectivity index (χ3n) is 3.67. The van der Waals surface area contributed by atoms with Gasteiger partial charge in [-0.2, -0.15) is 0 Å². The first-order valence-electron chi connectivity index (χ1n) is 8.19. The largest absolute Gasteiger partial charge is 0.497 e. The van der Waals surface area contributed by atoms with E-state index in [1.165, 1.54) is 5.56 Å². The molecule has 2 rings (SSSR count). The average Bonchev–Trinajstić information content (AvgIpc) is 2.68. The predicted molar refractivity (Wildman–Crippen MR) is 98.8 cm³/mol. The number of carboxylic acid groups (broad SMARTS) is 2. The number of aliphatic carboxylic acids is 2. The standard InChI is InChI=1S/C17H22N2O2.C2H2O4/c1-4-19(12-14-7-9-18-10-8-14)13-15-11-16(20-2)5-6-17(15)21-3;3-1(4)2(5)6/h5-11H,4,12-13H2,1-3H3;(H,3,4)(H,5,6). The minimum Gasteiger partial charge on any atom is -0.497 e. The Morgan fingerprint density at radius 3 is 2.11 bits per heavy atom. The molecule has 8 heteroatoms. The minimum absolute atomic E-state index is 0.819. The van der Waals surface area contributed by atoms with Crippen molar-refractivity contribution in [2.24, 2.45) is 0 Å². The molecule has 146 valence electrons. The van der Waals surface area contributed by atoms with Gasteiger partial charge in [0, 0.05) is 31.0 Å². The smallest absolute Gasteiger partial charge is 0.414 e. The maximum Gasteiger partial charge on any atom is 0.414 e. The molecule has 0 radical (unpaired) electrons. The molecule has 0 fully saturated rings. The van der Waals surface area contributed by atoms with Crippen LogP contribution in [0.5, 0.6) is 11.5 Å². The maximum absolute atomic E-state index is 9.10. The van der Waals surface area contributed by atoms with Crippen molar-refractivity contribution >= 4 is 11.9 Å². The quantitative estimate of drug-likeness (QED) is 0.709. The van der Waals surface area contributed by atoms with Crippen molar-refractivity contribution in [1.29, 1.82) is 0 Å². The molecule has 2 N–H and O–H groups in total. The van der Waals surface area contributed by atoms with Gasteiger partial charge < -0.3 is 19.7 Å². The normalized spacial score (nSPS) is 9.93. The topological polar surface area (TPSA) is 109 Å². The Hall–Kier alpha value is -3.13. The first-order valence-corrected chi connectivity index (χ1v) is 8.19. The summed E-state index contributed by atoms with van der Waals surface area (Å²) >= 11 is 0. The molecule has 0 amide bonds. The lowest BCUT2D eigenvalue weighted by Gasteiger charge is -2.22. The number of rotatable bonds is 7. The summed E-state index contributed by atoms with van der Waals surface area (Å²) in [5.74, 6) is -1.90. The van der Waals surface area contributed by atoms with Crippen LogP contribution in [0.3, 0.4) is 0 Å². The Labute approximate surface area is 158 Å². The van der Waals surface area contributed by atoms with Crippen molar-refractivity contribution in [3.63, 3.8) is 0 Å². The molecule has 0 unspecified atom stereocenters. The molecule has 0 saturated carbocycles. The number of ether oxygens (including phenoxy) is 2. The number of carboxylic acids is 2. The fraction of sp³-hybridized carbons (Fsp3) is 0.316. The number of pyridine rings is 1. The molecule has 0 aliphatic heterocycles. The number of methoxy groups -OCH3 is 2. The zero-order valence-corrected chi connectivity index (χ0v) is 15.6. The van der Waals surface area contributed by atoms with Crippen molar-refractivity contribution in [2.75, 3.05) is 20.8 Å². The summed E-state index contributed by atoms with van der Waals surface area (Å²) in [5, 5.41) is 14.8. The second-order valence-electron chi connectivity index (χ2n) is 5.45. The van der Waals surface area contributed by atoms with Gasteiger partial charge in [-0.3, -0.25) is 9.88 Å².